The third-order valence-electron chi connectivity index (χ3n) is 2.27. The summed E-state index contributed by atoms with van der Waals surface area (Å²) >= 11 is 3.13. The molecular formula is C11H13BrF3NO. The van der Waals surface area contributed by atoms with Crippen LogP contribution in [0.2, 0.25) is 0 Å². The highest BCUT2D eigenvalue weighted by atomic mass is 79.9. The topological polar surface area (TPSA) is 35.2 Å². The van der Waals surface area contributed by atoms with E-state index in [-0.39, 0.29) is 12.2 Å². The lowest BCUT2D eigenvalue weighted by Gasteiger charge is -2.26. The fourth-order valence-electron chi connectivity index (χ4n) is 1.29. The summed E-state index contributed by atoms with van der Waals surface area (Å²) in [6.45, 7) is 1.59. The second-order valence-corrected chi connectivity index (χ2v) is 4.44. The molecule has 0 fully saturated rings. The van der Waals surface area contributed by atoms with E-state index in [1.165, 1.54) is 6.07 Å². The zero-order valence-corrected chi connectivity index (χ0v) is 10.8. The van der Waals surface area contributed by atoms with Gasteiger partial charge in [0.1, 0.15) is 5.75 Å². The smallest absolute Gasteiger partial charge is 0.426 e. The van der Waals surface area contributed by atoms with Crippen LogP contribution in [0, 0.1) is 0 Å². The first-order chi connectivity index (χ1) is 7.86. The normalized spacial score (nSPS) is 15.4. The van der Waals surface area contributed by atoms with Gasteiger partial charge in [0.05, 0.1) is 10.5 Å². The van der Waals surface area contributed by atoms with E-state index in [2.05, 4.69) is 15.9 Å². The maximum absolute atomic E-state index is 12.8. The van der Waals surface area contributed by atoms with Gasteiger partial charge in [0.2, 0.25) is 6.10 Å². The van der Waals surface area contributed by atoms with Gasteiger partial charge in [0.15, 0.2) is 0 Å². The largest absolute Gasteiger partial charge is 0.478 e. The van der Waals surface area contributed by atoms with Crippen LogP contribution in [0.25, 0.3) is 0 Å². The second kappa shape index (κ2) is 5.73. The highest BCUT2D eigenvalue weighted by Gasteiger charge is 2.45. The molecule has 0 aliphatic rings. The van der Waals surface area contributed by atoms with Crippen LogP contribution in [0.15, 0.2) is 28.7 Å². The Hall–Kier alpha value is -0.750. The molecule has 0 aliphatic carbocycles. The molecule has 2 nitrogen and oxygen atoms in total. The molecule has 1 aromatic carbocycles. The molecule has 0 radical (unpaired) electrons. The number of ether oxygens (including phenoxy) is 1. The number of alkyl halides is 3. The molecule has 0 bridgehead atoms. The SMILES string of the molecule is CCC(N)C(Oc1ccccc1Br)C(F)(F)F. The molecule has 1 aromatic rings. The van der Waals surface area contributed by atoms with Gasteiger partial charge in [-0.25, -0.2) is 0 Å². The van der Waals surface area contributed by atoms with Crippen LogP contribution < -0.4 is 10.5 Å². The molecule has 2 N–H and O–H groups in total. The lowest BCUT2D eigenvalue weighted by atomic mass is 10.1. The van der Waals surface area contributed by atoms with Gasteiger partial charge in [-0.2, -0.15) is 13.2 Å². The van der Waals surface area contributed by atoms with Gasteiger partial charge in [-0.05, 0) is 34.5 Å². The number of halogens is 4. The summed E-state index contributed by atoms with van der Waals surface area (Å²) < 4.78 is 43.7. The molecule has 0 saturated heterocycles. The van der Waals surface area contributed by atoms with Crippen molar-refractivity contribution in [2.45, 2.75) is 31.7 Å². The molecule has 2 unspecified atom stereocenters. The fraction of sp³-hybridized carbons (Fsp3) is 0.455. The van der Waals surface area contributed by atoms with Crippen molar-refractivity contribution in [1.29, 1.82) is 0 Å². The van der Waals surface area contributed by atoms with Crippen LogP contribution in [-0.2, 0) is 0 Å². The average molecular weight is 312 g/mol. The summed E-state index contributed by atoms with van der Waals surface area (Å²) in [4.78, 5) is 0. The second-order valence-electron chi connectivity index (χ2n) is 3.58. The minimum absolute atomic E-state index is 0.138. The Morgan fingerprint density at radius 2 is 1.94 bits per heavy atom. The van der Waals surface area contributed by atoms with E-state index in [4.69, 9.17) is 10.5 Å². The Morgan fingerprint density at radius 3 is 2.41 bits per heavy atom. The van der Waals surface area contributed by atoms with Crippen LogP contribution in [0.3, 0.4) is 0 Å². The highest BCUT2D eigenvalue weighted by Crippen LogP contribution is 2.31. The minimum Gasteiger partial charge on any atom is -0.478 e. The lowest BCUT2D eigenvalue weighted by Crippen LogP contribution is -2.48. The monoisotopic (exact) mass is 311 g/mol. The first kappa shape index (κ1) is 14.3. The summed E-state index contributed by atoms with van der Waals surface area (Å²) in [5, 5.41) is 0. The third kappa shape index (κ3) is 3.89. The highest BCUT2D eigenvalue weighted by molar-refractivity contribution is 9.10. The van der Waals surface area contributed by atoms with E-state index >= 15 is 0 Å². The van der Waals surface area contributed by atoms with Gasteiger partial charge >= 0.3 is 6.18 Å². The predicted octanol–water partition coefficient (Wildman–Crippen LogP) is 3.50. The molecule has 0 amide bonds. The zero-order chi connectivity index (χ0) is 13.1. The molecular weight excluding hydrogens is 299 g/mol. The molecule has 0 aromatic heterocycles. The molecule has 0 aliphatic heterocycles. The van der Waals surface area contributed by atoms with Crippen molar-refractivity contribution < 1.29 is 17.9 Å². The van der Waals surface area contributed by atoms with Crippen molar-refractivity contribution in [2.24, 2.45) is 5.73 Å². The van der Waals surface area contributed by atoms with Crippen LogP contribution in [0.1, 0.15) is 13.3 Å². The molecule has 0 spiro atoms. The quantitative estimate of drug-likeness (QED) is 0.923. The zero-order valence-electron chi connectivity index (χ0n) is 9.17. The van der Waals surface area contributed by atoms with E-state index in [1.807, 2.05) is 0 Å². The summed E-state index contributed by atoms with van der Waals surface area (Å²) in [5.74, 6) is 0.138. The number of hydrogen-bond acceptors (Lipinski definition) is 2. The molecule has 1 rings (SSSR count). The molecule has 96 valence electrons. The number of rotatable bonds is 4. The van der Waals surface area contributed by atoms with Gasteiger partial charge in [0.25, 0.3) is 0 Å². The van der Waals surface area contributed by atoms with Gasteiger partial charge < -0.3 is 10.5 Å². The van der Waals surface area contributed by atoms with Crippen LogP contribution in [0.5, 0.6) is 5.75 Å². The van der Waals surface area contributed by atoms with Crippen molar-refractivity contribution in [2.75, 3.05) is 0 Å². The number of hydrogen-bond donors (Lipinski definition) is 1. The molecule has 6 heteroatoms. The molecule has 0 saturated carbocycles. The Labute approximate surface area is 106 Å². The van der Waals surface area contributed by atoms with Crippen molar-refractivity contribution in [3.05, 3.63) is 28.7 Å². The van der Waals surface area contributed by atoms with E-state index in [9.17, 15) is 13.2 Å². The van der Waals surface area contributed by atoms with E-state index in [1.54, 1.807) is 25.1 Å². The van der Waals surface area contributed by atoms with Crippen molar-refractivity contribution >= 4 is 15.9 Å². The van der Waals surface area contributed by atoms with Crippen molar-refractivity contribution in [1.82, 2.24) is 0 Å². The lowest BCUT2D eigenvalue weighted by molar-refractivity contribution is -0.201. The van der Waals surface area contributed by atoms with Crippen molar-refractivity contribution in [3.8, 4) is 5.75 Å². The maximum Gasteiger partial charge on any atom is 0.426 e. The Bertz CT molecular complexity index is 370. The summed E-state index contributed by atoms with van der Waals surface area (Å²) in [6.07, 6.45) is -6.29. The molecule has 17 heavy (non-hydrogen) atoms. The Kier molecular flexibility index (Phi) is 4.82. The maximum atomic E-state index is 12.8. The Morgan fingerprint density at radius 1 is 1.35 bits per heavy atom. The van der Waals surface area contributed by atoms with E-state index in [0.717, 1.165) is 0 Å². The van der Waals surface area contributed by atoms with Gasteiger partial charge in [0, 0.05) is 0 Å². The molecule has 0 heterocycles. The Balaban J connectivity index is 2.91. The van der Waals surface area contributed by atoms with Gasteiger partial charge in [-0.3, -0.25) is 0 Å². The first-order valence-electron chi connectivity index (χ1n) is 5.09. The fourth-order valence-corrected chi connectivity index (χ4v) is 1.67. The standard InChI is InChI=1S/C11H13BrF3NO/c1-2-8(16)10(11(13,14)15)17-9-6-4-3-5-7(9)12/h3-6,8,10H,2,16H2,1H3. The summed E-state index contributed by atoms with van der Waals surface area (Å²) in [5.41, 5.74) is 5.44. The number of benzene rings is 1. The third-order valence-corrected chi connectivity index (χ3v) is 2.93. The number of nitrogens with two attached hydrogens (primary N) is 1. The van der Waals surface area contributed by atoms with E-state index < -0.39 is 18.3 Å². The predicted molar refractivity (Wildman–Crippen MR) is 62.9 cm³/mol. The molecule has 2 atom stereocenters. The van der Waals surface area contributed by atoms with Crippen LogP contribution >= 0.6 is 15.9 Å². The average Bonchev–Trinajstić information content (AvgIpc) is 2.25. The van der Waals surface area contributed by atoms with Crippen LogP contribution in [-0.4, -0.2) is 18.3 Å². The first-order valence-corrected chi connectivity index (χ1v) is 5.89. The van der Waals surface area contributed by atoms with Gasteiger partial charge in [-0.15, -0.1) is 0 Å². The number of para-hydroxylation sites is 1. The van der Waals surface area contributed by atoms with Crippen LogP contribution in [0.4, 0.5) is 13.2 Å². The minimum atomic E-state index is -4.48. The summed E-state index contributed by atoms with van der Waals surface area (Å²) in [6, 6.07) is 5.29. The summed E-state index contributed by atoms with van der Waals surface area (Å²) in [7, 11) is 0. The van der Waals surface area contributed by atoms with Crippen molar-refractivity contribution in [3.63, 3.8) is 0 Å². The van der Waals surface area contributed by atoms with Gasteiger partial charge in [-0.1, -0.05) is 19.1 Å². The van der Waals surface area contributed by atoms with E-state index in [0.29, 0.717) is 4.47 Å².